The summed E-state index contributed by atoms with van der Waals surface area (Å²) < 4.78 is 5.07. The van der Waals surface area contributed by atoms with E-state index in [1.807, 2.05) is 43.0 Å². The Hall–Kier alpha value is -4.54. The van der Waals surface area contributed by atoms with Gasteiger partial charge in [-0.3, -0.25) is 9.89 Å². The van der Waals surface area contributed by atoms with E-state index in [1.165, 1.54) is 0 Å². The highest BCUT2D eigenvalue weighted by molar-refractivity contribution is 5.94. The Morgan fingerprint density at radius 3 is 2.44 bits per heavy atom. The van der Waals surface area contributed by atoms with Crippen molar-refractivity contribution in [3.8, 4) is 17.3 Å². The third kappa shape index (κ3) is 5.09. The molecule has 0 bridgehead atoms. The maximum Gasteiger partial charge on any atom is 0.255 e. The molecule has 4 aromatic rings. The van der Waals surface area contributed by atoms with Crippen LogP contribution in [0.3, 0.4) is 0 Å². The lowest BCUT2D eigenvalue weighted by atomic mass is 10.2. The molecule has 36 heavy (non-hydrogen) atoms. The topological polar surface area (TPSA) is 125 Å². The van der Waals surface area contributed by atoms with Crippen LogP contribution in [0.1, 0.15) is 21.7 Å². The first-order chi connectivity index (χ1) is 17.5. The minimum atomic E-state index is -0.0286. The molecule has 11 nitrogen and oxygen atoms in total. The standard InChI is InChI=1S/C25H27N9O2/c1-16-12-20(29-21-13-17(2)31-32-21)30-24(28-16)18-4-6-22(26-14-18)33-8-10-34(11-9-33)25(35)19-5-7-23(36-3)27-15-19/h4-7,12-15H,8-11H2,1-3H3,(H2,28,29,30,31,32). The number of aromatic nitrogens is 6. The third-order valence-electron chi connectivity index (χ3n) is 5.91. The van der Waals surface area contributed by atoms with Crippen LogP contribution in [0.15, 0.2) is 48.8 Å². The summed E-state index contributed by atoms with van der Waals surface area (Å²) in [5, 5.41) is 10.3. The van der Waals surface area contributed by atoms with Gasteiger partial charge in [0.2, 0.25) is 5.88 Å². The molecular formula is C25H27N9O2. The Kier molecular flexibility index (Phi) is 6.44. The van der Waals surface area contributed by atoms with Gasteiger partial charge in [0.15, 0.2) is 11.6 Å². The predicted octanol–water partition coefficient (Wildman–Crippen LogP) is 2.99. The number of nitrogens with one attached hydrogen (secondary N) is 2. The molecule has 2 N–H and O–H groups in total. The average Bonchev–Trinajstić information content (AvgIpc) is 3.32. The van der Waals surface area contributed by atoms with Crippen LogP contribution in [0, 0.1) is 13.8 Å². The van der Waals surface area contributed by atoms with Gasteiger partial charge in [0.25, 0.3) is 5.91 Å². The molecule has 1 aliphatic heterocycles. The smallest absolute Gasteiger partial charge is 0.255 e. The summed E-state index contributed by atoms with van der Waals surface area (Å²) in [4.78, 5) is 34.8. The van der Waals surface area contributed by atoms with Crippen LogP contribution >= 0.6 is 0 Å². The third-order valence-corrected chi connectivity index (χ3v) is 5.91. The predicted molar refractivity (Wildman–Crippen MR) is 136 cm³/mol. The SMILES string of the molecule is COc1ccc(C(=O)N2CCN(c3ccc(-c4nc(C)cc(Nc5cc(C)[nH]n5)n4)cn3)CC2)cn1. The minimum absolute atomic E-state index is 0.0286. The second-order valence-corrected chi connectivity index (χ2v) is 8.55. The molecule has 5 heterocycles. The maximum atomic E-state index is 12.8. The summed E-state index contributed by atoms with van der Waals surface area (Å²) in [6.45, 7) is 6.47. The zero-order chi connectivity index (χ0) is 25.1. The van der Waals surface area contributed by atoms with Gasteiger partial charge in [-0.1, -0.05) is 0 Å². The number of carbonyl (C=O) groups is 1. The quantitative estimate of drug-likeness (QED) is 0.424. The number of rotatable bonds is 6. The van der Waals surface area contributed by atoms with E-state index in [0.717, 1.165) is 22.8 Å². The van der Waals surface area contributed by atoms with Gasteiger partial charge in [-0.15, -0.1) is 0 Å². The van der Waals surface area contributed by atoms with E-state index < -0.39 is 0 Å². The first kappa shape index (κ1) is 23.2. The molecule has 4 aromatic heterocycles. The Balaban J connectivity index is 1.23. The van der Waals surface area contributed by atoms with Crippen molar-refractivity contribution in [2.24, 2.45) is 0 Å². The number of hydrogen-bond acceptors (Lipinski definition) is 9. The molecule has 1 aliphatic rings. The Morgan fingerprint density at radius 1 is 0.972 bits per heavy atom. The molecule has 0 aromatic carbocycles. The highest BCUT2D eigenvalue weighted by atomic mass is 16.5. The molecule has 1 saturated heterocycles. The van der Waals surface area contributed by atoms with Crippen molar-refractivity contribution in [3.63, 3.8) is 0 Å². The zero-order valence-corrected chi connectivity index (χ0v) is 20.4. The van der Waals surface area contributed by atoms with Crippen LogP contribution in [-0.2, 0) is 0 Å². The number of nitrogens with zero attached hydrogens (tertiary/aromatic N) is 7. The number of ether oxygens (including phenoxy) is 1. The van der Waals surface area contributed by atoms with Gasteiger partial charge in [0.05, 0.1) is 12.7 Å². The largest absolute Gasteiger partial charge is 0.481 e. The lowest BCUT2D eigenvalue weighted by Gasteiger charge is -2.35. The van der Waals surface area contributed by atoms with E-state index >= 15 is 0 Å². The van der Waals surface area contributed by atoms with E-state index in [9.17, 15) is 4.79 Å². The van der Waals surface area contributed by atoms with Crippen molar-refractivity contribution in [3.05, 3.63) is 65.7 Å². The molecule has 0 radical (unpaired) electrons. The number of H-pyrrole nitrogens is 1. The summed E-state index contributed by atoms with van der Waals surface area (Å²) >= 11 is 0. The van der Waals surface area contributed by atoms with Crippen molar-refractivity contribution in [1.29, 1.82) is 0 Å². The Morgan fingerprint density at radius 2 is 1.81 bits per heavy atom. The Labute approximate surface area is 208 Å². The molecule has 1 amide bonds. The van der Waals surface area contributed by atoms with Crippen LogP contribution in [0.2, 0.25) is 0 Å². The molecule has 11 heteroatoms. The van der Waals surface area contributed by atoms with Crippen LogP contribution in [-0.4, -0.2) is 74.2 Å². The van der Waals surface area contributed by atoms with E-state index in [1.54, 1.807) is 31.6 Å². The molecule has 184 valence electrons. The number of hydrogen-bond donors (Lipinski definition) is 2. The van der Waals surface area contributed by atoms with E-state index in [2.05, 4.69) is 40.3 Å². The molecule has 0 unspecified atom stereocenters. The summed E-state index contributed by atoms with van der Waals surface area (Å²) in [5.74, 6) is 3.27. The second kappa shape index (κ2) is 9.98. The van der Waals surface area contributed by atoms with Gasteiger partial charge in [0.1, 0.15) is 11.6 Å². The van der Waals surface area contributed by atoms with Crippen LogP contribution in [0.5, 0.6) is 5.88 Å². The second-order valence-electron chi connectivity index (χ2n) is 8.55. The number of anilines is 3. The Bertz CT molecular complexity index is 1340. The van der Waals surface area contributed by atoms with Gasteiger partial charge in [-0.2, -0.15) is 5.10 Å². The number of carbonyl (C=O) groups excluding carboxylic acids is 1. The molecule has 0 aliphatic carbocycles. The molecule has 0 atom stereocenters. The number of aryl methyl sites for hydroxylation is 2. The van der Waals surface area contributed by atoms with Crippen molar-refractivity contribution in [2.45, 2.75) is 13.8 Å². The fourth-order valence-electron chi connectivity index (χ4n) is 4.03. The van der Waals surface area contributed by atoms with Gasteiger partial charge >= 0.3 is 0 Å². The fraction of sp³-hybridized carbons (Fsp3) is 0.280. The normalized spacial score (nSPS) is 13.5. The molecular weight excluding hydrogens is 458 g/mol. The highest BCUT2D eigenvalue weighted by Gasteiger charge is 2.23. The van der Waals surface area contributed by atoms with Gasteiger partial charge in [0, 0.05) is 73.7 Å². The lowest BCUT2D eigenvalue weighted by Crippen LogP contribution is -2.49. The fourth-order valence-corrected chi connectivity index (χ4v) is 4.03. The number of amides is 1. The summed E-state index contributed by atoms with van der Waals surface area (Å²) in [5.41, 5.74) is 3.18. The van der Waals surface area contributed by atoms with Crippen LogP contribution in [0.4, 0.5) is 17.5 Å². The number of piperazine rings is 1. The van der Waals surface area contributed by atoms with Crippen LogP contribution < -0.4 is 15.0 Å². The monoisotopic (exact) mass is 485 g/mol. The molecule has 0 saturated carbocycles. The summed E-state index contributed by atoms with van der Waals surface area (Å²) in [6, 6.07) is 11.2. The van der Waals surface area contributed by atoms with Crippen molar-refractivity contribution >= 4 is 23.4 Å². The molecule has 5 rings (SSSR count). The first-order valence-electron chi connectivity index (χ1n) is 11.6. The average molecular weight is 486 g/mol. The summed E-state index contributed by atoms with van der Waals surface area (Å²) in [7, 11) is 1.55. The van der Waals surface area contributed by atoms with Crippen molar-refractivity contribution in [1.82, 2.24) is 35.0 Å². The van der Waals surface area contributed by atoms with Crippen molar-refractivity contribution < 1.29 is 9.53 Å². The number of pyridine rings is 2. The zero-order valence-electron chi connectivity index (χ0n) is 20.4. The van der Waals surface area contributed by atoms with Crippen LogP contribution in [0.25, 0.3) is 11.4 Å². The minimum Gasteiger partial charge on any atom is -0.481 e. The molecule has 0 spiro atoms. The first-order valence-corrected chi connectivity index (χ1v) is 11.6. The lowest BCUT2D eigenvalue weighted by molar-refractivity contribution is 0.0746. The van der Waals surface area contributed by atoms with E-state index in [-0.39, 0.29) is 5.91 Å². The van der Waals surface area contributed by atoms with Crippen molar-refractivity contribution in [2.75, 3.05) is 43.5 Å². The van der Waals surface area contributed by atoms with Gasteiger partial charge in [-0.05, 0) is 32.0 Å². The van der Waals surface area contributed by atoms with E-state index in [0.29, 0.717) is 55.1 Å². The highest BCUT2D eigenvalue weighted by Crippen LogP contribution is 2.22. The maximum absolute atomic E-state index is 12.8. The number of aromatic amines is 1. The van der Waals surface area contributed by atoms with Gasteiger partial charge in [-0.25, -0.2) is 19.9 Å². The van der Waals surface area contributed by atoms with Gasteiger partial charge < -0.3 is 19.9 Å². The summed E-state index contributed by atoms with van der Waals surface area (Å²) in [6.07, 6.45) is 3.34. The number of methoxy groups -OCH3 is 1. The van der Waals surface area contributed by atoms with E-state index in [4.69, 9.17) is 4.74 Å². The molecule has 1 fully saturated rings.